The molecular weight excluding hydrogens is 407 g/mol. The fourth-order valence-electron chi connectivity index (χ4n) is 3.33. The molecule has 7 nitrogen and oxygen atoms in total. The van der Waals surface area contributed by atoms with Gasteiger partial charge in [-0.25, -0.2) is 14.4 Å². The number of pyridine rings is 1. The molecule has 0 N–H and O–H groups in total. The summed E-state index contributed by atoms with van der Waals surface area (Å²) in [6.45, 7) is 4.37. The first kappa shape index (κ1) is 21.3. The Labute approximate surface area is 185 Å². The molecule has 162 valence electrons. The Bertz CT molecular complexity index is 1220. The number of carbonyl (C=O) groups excluding carboxylic acids is 1. The van der Waals surface area contributed by atoms with Crippen molar-refractivity contribution >= 4 is 5.91 Å². The molecule has 1 unspecified atom stereocenters. The van der Waals surface area contributed by atoms with Crippen LogP contribution in [0.5, 0.6) is 0 Å². The lowest BCUT2D eigenvalue weighted by molar-refractivity contribution is 0.0728. The first-order chi connectivity index (χ1) is 15.4. The molecule has 0 aliphatic rings. The van der Waals surface area contributed by atoms with E-state index >= 15 is 0 Å². The van der Waals surface area contributed by atoms with Crippen molar-refractivity contribution < 1.29 is 9.18 Å². The molecule has 0 aliphatic heterocycles. The number of carbonyl (C=O) groups is 1. The van der Waals surface area contributed by atoms with Gasteiger partial charge in [-0.3, -0.25) is 14.5 Å². The van der Waals surface area contributed by atoms with Crippen molar-refractivity contribution in [3.8, 4) is 22.8 Å². The number of amides is 1. The normalized spacial score (nSPS) is 11.9. The average Bonchev–Trinajstić information content (AvgIpc) is 3.27. The second-order valence-electron chi connectivity index (χ2n) is 7.67. The Balaban J connectivity index is 1.53. The number of aryl methyl sites for hydroxylation is 1. The molecule has 3 heterocycles. The second kappa shape index (κ2) is 9.05. The summed E-state index contributed by atoms with van der Waals surface area (Å²) in [6, 6.07) is 11.4. The number of halogens is 1. The number of benzene rings is 1. The summed E-state index contributed by atoms with van der Waals surface area (Å²) in [5.74, 6) is -0.428. The van der Waals surface area contributed by atoms with Crippen molar-refractivity contribution in [1.29, 1.82) is 0 Å². The lowest BCUT2D eigenvalue weighted by Crippen LogP contribution is -2.38. The molecule has 0 spiro atoms. The van der Waals surface area contributed by atoms with E-state index in [0.717, 1.165) is 17.0 Å². The van der Waals surface area contributed by atoms with Crippen molar-refractivity contribution in [2.24, 2.45) is 0 Å². The monoisotopic (exact) mass is 430 g/mol. The molecule has 1 atom stereocenters. The average molecular weight is 430 g/mol. The van der Waals surface area contributed by atoms with Crippen molar-refractivity contribution in [2.45, 2.75) is 26.4 Å². The van der Waals surface area contributed by atoms with Crippen molar-refractivity contribution in [1.82, 2.24) is 29.6 Å². The fourth-order valence-corrected chi connectivity index (χ4v) is 3.33. The number of nitrogens with zero attached hydrogens (tertiary/aromatic N) is 6. The van der Waals surface area contributed by atoms with Crippen molar-refractivity contribution in [3.63, 3.8) is 0 Å². The third kappa shape index (κ3) is 4.54. The maximum absolute atomic E-state index is 14.0. The van der Waals surface area contributed by atoms with E-state index in [4.69, 9.17) is 0 Å². The number of aromatic nitrogens is 5. The van der Waals surface area contributed by atoms with E-state index in [9.17, 15) is 9.18 Å². The van der Waals surface area contributed by atoms with Gasteiger partial charge >= 0.3 is 0 Å². The van der Waals surface area contributed by atoms with Crippen LogP contribution in [0.25, 0.3) is 22.8 Å². The van der Waals surface area contributed by atoms with Crippen LogP contribution in [0.1, 0.15) is 22.8 Å². The zero-order valence-electron chi connectivity index (χ0n) is 18.1. The minimum Gasteiger partial charge on any atom is -0.337 e. The van der Waals surface area contributed by atoms with Crippen LogP contribution in [-0.4, -0.2) is 48.6 Å². The smallest absolute Gasteiger partial charge is 0.254 e. The first-order valence-electron chi connectivity index (χ1n) is 10.2. The lowest BCUT2D eigenvalue weighted by atomic mass is 10.0. The molecule has 0 radical (unpaired) electrons. The van der Waals surface area contributed by atoms with Crippen LogP contribution >= 0.6 is 0 Å². The maximum Gasteiger partial charge on any atom is 0.254 e. The Hall–Kier alpha value is -3.94. The lowest BCUT2D eigenvalue weighted by Gasteiger charge is -2.26. The number of likely N-dealkylation sites (N-methyl/N-ethyl adjacent to an activating group) is 1. The van der Waals surface area contributed by atoms with E-state index in [1.165, 1.54) is 18.2 Å². The Morgan fingerprint density at radius 3 is 2.59 bits per heavy atom. The van der Waals surface area contributed by atoms with Crippen LogP contribution in [-0.2, 0) is 6.54 Å². The van der Waals surface area contributed by atoms with E-state index in [-0.39, 0.29) is 17.5 Å². The highest BCUT2D eigenvalue weighted by atomic mass is 19.1. The SMILES string of the molecule is Cc1ccc(-c2ccn(CC(C)N(C)C(=O)c3cc(F)ccc3-c3ncccn3)n2)nc1. The van der Waals surface area contributed by atoms with Crippen LogP contribution < -0.4 is 0 Å². The van der Waals surface area contributed by atoms with Gasteiger partial charge in [-0.1, -0.05) is 6.07 Å². The molecule has 3 aromatic heterocycles. The summed E-state index contributed by atoms with van der Waals surface area (Å²) >= 11 is 0. The van der Waals surface area contributed by atoms with Crippen LogP contribution in [0.15, 0.2) is 67.3 Å². The Morgan fingerprint density at radius 2 is 1.88 bits per heavy atom. The molecule has 0 saturated heterocycles. The van der Waals surface area contributed by atoms with E-state index in [1.807, 2.05) is 38.2 Å². The van der Waals surface area contributed by atoms with Crippen LogP contribution in [0.3, 0.4) is 0 Å². The Morgan fingerprint density at radius 1 is 1.09 bits per heavy atom. The van der Waals surface area contributed by atoms with Gasteiger partial charge in [-0.15, -0.1) is 0 Å². The summed E-state index contributed by atoms with van der Waals surface area (Å²) < 4.78 is 15.8. The quantitative estimate of drug-likeness (QED) is 0.462. The van der Waals surface area contributed by atoms with Crippen LogP contribution in [0.4, 0.5) is 4.39 Å². The van der Waals surface area contributed by atoms with Gasteiger partial charge in [0.1, 0.15) is 11.5 Å². The molecule has 0 bridgehead atoms. The first-order valence-corrected chi connectivity index (χ1v) is 10.2. The van der Waals surface area contributed by atoms with Gasteiger partial charge in [-0.05, 0) is 55.8 Å². The highest BCUT2D eigenvalue weighted by Crippen LogP contribution is 2.23. The maximum atomic E-state index is 14.0. The standard InChI is InChI=1S/C24H23FN6O/c1-16-5-8-21(28-14-16)22-9-12-31(29-22)15-17(2)30(3)24(32)20-13-18(25)6-7-19(20)23-26-10-4-11-27-23/h4-14,17H,15H2,1-3H3. The summed E-state index contributed by atoms with van der Waals surface area (Å²) in [7, 11) is 1.69. The largest absolute Gasteiger partial charge is 0.337 e. The third-order valence-electron chi connectivity index (χ3n) is 5.27. The van der Waals surface area contributed by atoms with Gasteiger partial charge in [0.25, 0.3) is 5.91 Å². The molecule has 4 rings (SSSR count). The molecule has 4 aromatic rings. The van der Waals surface area contributed by atoms with E-state index in [0.29, 0.717) is 17.9 Å². The predicted octanol–water partition coefficient (Wildman–Crippen LogP) is 4.01. The highest BCUT2D eigenvalue weighted by Gasteiger charge is 2.23. The van der Waals surface area contributed by atoms with Gasteiger partial charge in [0.2, 0.25) is 0 Å². The molecule has 0 saturated carbocycles. The molecular formula is C24H23FN6O. The molecule has 1 amide bonds. The number of hydrogen-bond donors (Lipinski definition) is 0. The molecule has 0 aliphatic carbocycles. The third-order valence-corrected chi connectivity index (χ3v) is 5.27. The minimum atomic E-state index is -0.489. The zero-order valence-corrected chi connectivity index (χ0v) is 18.1. The second-order valence-corrected chi connectivity index (χ2v) is 7.67. The molecule has 32 heavy (non-hydrogen) atoms. The van der Waals surface area contributed by atoms with Gasteiger partial charge in [0.05, 0.1) is 17.8 Å². The molecule has 8 heteroatoms. The van der Waals surface area contributed by atoms with E-state index in [2.05, 4.69) is 20.1 Å². The van der Waals surface area contributed by atoms with Crippen molar-refractivity contribution in [3.05, 3.63) is 84.2 Å². The summed E-state index contributed by atoms with van der Waals surface area (Å²) in [5.41, 5.74) is 3.34. The number of hydrogen-bond acceptors (Lipinski definition) is 5. The summed E-state index contributed by atoms with van der Waals surface area (Å²) in [5, 5.41) is 4.58. The van der Waals surface area contributed by atoms with E-state index in [1.54, 1.807) is 41.3 Å². The molecule has 0 fully saturated rings. The molecule has 1 aromatic carbocycles. The highest BCUT2D eigenvalue weighted by molar-refractivity contribution is 6.00. The summed E-state index contributed by atoms with van der Waals surface area (Å²) in [4.78, 5) is 27.6. The van der Waals surface area contributed by atoms with Gasteiger partial charge in [0, 0.05) is 43.4 Å². The topological polar surface area (TPSA) is 76.8 Å². The fraction of sp³-hybridized carbons (Fsp3) is 0.208. The number of rotatable bonds is 6. The predicted molar refractivity (Wildman–Crippen MR) is 119 cm³/mol. The van der Waals surface area contributed by atoms with Gasteiger partial charge < -0.3 is 4.90 Å². The van der Waals surface area contributed by atoms with Crippen LogP contribution in [0.2, 0.25) is 0 Å². The minimum absolute atomic E-state index is 0.200. The van der Waals surface area contributed by atoms with Gasteiger partial charge in [0.15, 0.2) is 5.82 Å². The van der Waals surface area contributed by atoms with Gasteiger partial charge in [-0.2, -0.15) is 5.10 Å². The van der Waals surface area contributed by atoms with Crippen molar-refractivity contribution in [2.75, 3.05) is 7.05 Å². The van der Waals surface area contributed by atoms with Crippen LogP contribution in [0, 0.1) is 12.7 Å². The Kier molecular flexibility index (Phi) is 6.02. The zero-order chi connectivity index (χ0) is 22.7. The van der Waals surface area contributed by atoms with E-state index < -0.39 is 5.82 Å². The summed E-state index contributed by atoms with van der Waals surface area (Å²) in [6.07, 6.45) is 6.84.